The van der Waals surface area contributed by atoms with Gasteiger partial charge in [-0.25, -0.2) is 4.39 Å². The summed E-state index contributed by atoms with van der Waals surface area (Å²) in [5.74, 6) is -0.133. The predicted octanol–water partition coefficient (Wildman–Crippen LogP) is 3.15. The van der Waals surface area contributed by atoms with Gasteiger partial charge in [-0.3, -0.25) is 4.68 Å². The summed E-state index contributed by atoms with van der Waals surface area (Å²) in [6.07, 6.45) is 3.53. The van der Waals surface area contributed by atoms with Crippen molar-refractivity contribution in [3.63, 3.8) is 0 Å². The van der Waals surface area contributed by atoms with Crippen LogP contribution in [0.1, 0.15) is 36.2 Å². The predicted molar refractivity (Wildman–Crippen MR) is 79.1 cm³/mol. The first-order valence-corrected chi connectivity index (χ1v) is 7.08. The Kier molecular flexibility index (Phi) is 4.90. The summed E-state index contributed by atoms with van der Waals surface area (Å²) >= 11 is 0. The molecule has 108 valence electrons. The van der Waals surface area contributed by atoms with Gasteiger partial charge >= 0.3 is 0 Å². The highest BCUT2D eigenvalue weighted by Gasteiger charge is 2.15. The molecule has 1 aromatic heterocycles. The summed E-state index contributed by atoms with van der Waals surface area (Å²) < 4.78 is 15.9. The van der Waals surface area contributed by atoms with E-state index < -0.39 is 0 Å². The minimum Gasteiger partial charge on any atom is -0.310 e. The zero-order valence-corrected chi connectivity index (χ0v) is 12.4. The first kappa shape index (κ1) is 14.7. The van der Waals surface area contributed by atoms with Gasteiger partial charge in [-0.2, -0.15) is 5.10 Å². The standard InChI is InChI=1S/C16H22FN3/c1-4-18-16(8-6-13-9-10-19-20(13)3)14-11-12(2)5-7-15(14)17/h5,7,9-11,16,18H,4,6,8H2,1-3H3. The highest BCUT2D eigenvalue weighted by Crippen LogP contribution is 2.23. The molecule has 1 heterocycles. The smallest absolute Gasteiger partial charge is 0.127 e. The summed E-state index contributed by atoms with van der Waals surface area (Å²) in [5.41, 5.74) is 3.01. The Morgan fingerprint density at radius 3 is 2.80 bits per heavy atom. The van der Waals surface area contributed by atoms with Gasteiger partial charge in [0.1, 0.15) is 5.82 Å². The maximum atomic E-state index is 14.0. The second-order valence-corrected chi connectivity index (χ2v) is 5.12. The molecule has 0 radical (unpaired) electrons. The quantitative estimate of drug-likeness (QED) is 0.877. The Hall–Kier alpha value is -1.68. The summed E-state index contributed by atoms with van der Waals surface area (Å²) in [7, 11) is 1.94. The van der Waals surface area contributed by atoms with E-state index in [0.29, 0.717) is 0 Å². The number of aromatic nitrogens is 2. The van der Waals surface area contributed by atoms with Gasteiger partial charge in [-0.05, 0) is 38.4 Å². The van der Waals surface area contributed by atoms with Crippen LogP contribution in [0.25, 0.3) is 0 Å². The van der Waals surface area contributed by atoms with E-state index in [1.807, 2.05) is 43.8 Å². The van der Waals surface area contributed by atoms with E-state index in [1.54, 1.807) is 12.3 Å². The van der Waals surface area contributed by atoms with E-state index in [-0.39, 0.29) is 11.9 Å². The first-order chi connectivity index (χ1) is 9.61. The molecule has 0 saturated carbocycles. The van der Waals surface area contributed by atoms with E-state index in [2.05, 4.69) is 10.4 Å². The van der Waals surface area contributed by atoms with Gasteiger partial charge in [0.05, 0.1) is 0 Å². The molecular formula is C16H22FN3. The second-order valence-electron chi connectivity index (χ2n) is 5.12. The molecule has 0 aliphatic rings. The van der Waals surface area contributed by atoms with Crippen LogP contribution in [0.5, 0.6) is 0 Å². The van der Waals surface area contributed by atoms with Crippen molar-refractivity contribution in [3.05, 3.63) is 53.1 Å². The molecule has 0 fully saturated rings. The molecule has 3 nitrogen and oxygen atoms in total. The SMILES string of the molecule is CCNC(CCc1ccnn1C)c1cc(C)ccc1F. The van der Waals surface area contributed by atoms with Crippen LogP contribution in [0.4, 0.5) is 4.39 Å². The molecule has 1 aromatic carbocycles. The molecule has 0 aliphatic carbocycles. The Morgan fingerprint density at radius 1 is 1.35 bits per heavy atom. The number of nitrogens with one attached hydrogen (secondary N) is 1. The van der Waals surface area contributed by atoms with E-state index in [9.17, 15) is 4.39 Å². The van der Waals surface area contributed by atoms with Crippen LogP contribution in [-0.4, -0.2) is 16.3 Å². The number of hydrogen-bond donors (Lipinski definition) is 1. The summed E-state index contributed by atoms with van der Waals surface area (Å²) in [5, 5.41) is 7.55. The third-order valence-electron chi connectivity index (χ3n) is 3.59. The number of hydrogen-bond acceptors (Lipinski definition) is 2. The maximum absolute atomic E-state index is 14.0. The maximum Gasteiger partial charge on any atom is 0.127 e. The van der Waals surface area contributed by atoms with E-state index in [0.717, 1.165) is 30.5 Å². The lowest BCUT2D eigenvalue weighted by Gasteiger charge is -2.19. The van der Waals surface area contributed by atoms with Crippen LogP contribution in [0.3, 0.4) is 0 Å². The molecule has 1 atom stereocenters. The molecule has 2 rings (SSSR count). The van der Waals surface area contributed by atoms with Gasteiger partial charge in [-0.15, -0.1) is 0 Å². The van der Waals surface area contributed by atoms with Crippen LogP contribution in [0, 0.1) is 12.7 Å². The molecule has 2 aromatic rings. The molecule has 0 amide bonds. The van der Waals surface area contributed by atoms with Gasteiger partial charge in [0.25, 0.3) is 0 Å². The average molecular weight is 275 g/mol. The zero-order chi connectivity index (χ0) is 14.5. The van der Waals surface area contributed by atoms with Crippen LogP contribution in [0.15, 0.2) is 30.5 Å². The van der Waals surface area contributed by atoms with Gasteiger partial charge in [0.2, 0.25) is 0 Å². The van der Waals surface area contributed by atoms with Gasteiger partial charge in [0.15, 0.2) is 0 Å². The van der Waals surface area contributed by atoms with Gasteiger partial charge in [0, 0.05) is 30.5 Å². The second kappa shape index (κ2) is 6.66. The topological polar surface area (TPSA) is 29.9 Å². The number of nitrogens with zero attached hydrogens (tertiary/aromatic N) is 2. The first-order valence-electron chi connectivity index (χ1n) is 7.08. The largest absolute Gasteiger partial charge is 0.310 e. The third kappa shape index (κ3) is 3.45. The van der Waals surface area contributed by atoms with Crippen molar-refractivity contribution in [2.24, 2.45) is 7.05 Å². The van der Waals surface area contributed by atoms with Gasteiger partial charge in [-0.1, -0.05) is 24.6 Å². The molecule has 1 N–H and O–H groups in total. The van der Waals surface area contributed by atoms with Crippen molar-refractivity contribution in [1.29, 1.82) is 0 Å². The van der Waals surface area contributed by atoms with Crippen molar-refractivity contribution in [3.8, 4) is 0 Å². The molecular weight excluding hydrogens is 253 g/mol. The number of rotatable bonds is 6. The molecule has 0 aliphatic heterocycles. The number of halogens is 1. The van der Waals surface area contributed by atoms with Crippen LogP contribution >= 0.6 is 0 Å². The number of benzene rings is 1. The minimum atomic E-state index is -0.133. The Balaban J connectivity index is 2.14. The Bertz CT molecular complexity index is 563. The fourth-order valence-corrected chi connectivity index (χ4v) is 2.48. The van der Waals surface area contributed by atoms with E-state index in [4.69, 9.17) is 0 Å². The minimum absolute atomic E-state index is 0.0369. The third-order valence-corrected chi connectivity index (χ3v) is 3.59. The van der Waals surface area contributed by atoms with Gasteiger partial charge < -0.3 is 5.32 Å². The molecule has 1 unspecified atom stereocenters. The summed E-state index contributed by atoms with van der Waals surface area (Å²) in [6, 6.07) is 7.35. The van der Waals surface area contributed by atoms with Crippen LogP contribution in [-0.2, 0) is 13.5 Å². The number of aryl methyl sites for hydroxylation is 3. The highest BCUT2D eigenvalue weighted by atomic mass is 19.1. The van der Waals surface area contributed by atoms with Crippen molar-refractivity contribution >= 4 is 0 Å². The fraction of sp³-hybridized carbons (Fsp3) is 0.438. The molecule has 0 saturated heterocycles. The molecule has 0 bridgehead atoms. The fourth-order valence-electron chi connectivity index (χ4n) is 2.48. The average Bonchev–Trinajstić information content (AvgIpc) is 2.83. The van der Waals surface area contributed by atoms with Crippen LogP contribution in [0.2, 0.25) is 0 Å². The Labute approximate surface area is 119 Å². The highest BCUT2D eigenvalue weighted by molar-refractivity contribution is 5.27. The Morgan fingerprint density at radius 2 is 2.15 bits per heavy atom. The zero-order valence-electron chi connectivity index (χ0n) is 12.4. The van der Waals surface area contributed by atoms with Crippen LogP contribution < -0.4 is 5.32 Å². The van der Waals surface area contributed by atoms with E-state index in [1.165, 1.54) is 5.69 Å². The monoisotopic (exact) mass is 275 g/mol. The lowest BCUT2D eigenvalue weighted by atomic mass is 9.98. The lowest BCUT2D eigenvalue weighted by Crippen LogP contribution is -2.23. The van der Waals surface area contributed by atoms with E-state index >= 15 is 0 Å². The molecule has 4 heteroatoms. The summed E-state index contributed by atoms with van der Waals surface area (Å²) in [4.78, 5) is 0. The summed E-state index contributed by atoms with van der Waals surface area (Å²) in [6.45, 7) is 4.86. The van der Waals surface area contributed by atoms with Crippen molar-refractivity contribution in [2.45, 2.75) is 32.7 Å². The van der Waals surface area contributed by atoms with Crippen molar-refractivity contribution in [1.82, 2.24) is 15.1 Å². The molecule has 20 heavy (non-hydrogen) atoms. The van der Waals surface area contributed by atoms with Crippen molar-refractivity contribution < 1.29 is 4.39 Å². The molecule has 0 spiro atoms. The normalized spacial score (nSPS) is 12.6. The van der Waals surface area contributed by atoms with Crippen molar-refractivity contribution in [2.75, 3.05) is 6.54 Å². The lowest BCUT2D eigenvalue weighted by molar-refractivity contribution is 0.479.